The Kier molecular flexibility index (Phi) is 3.47. The van der Waals surface area contributed by atoms with Gasteiger partial charge in [0.1, 0.15) is 0 Å². The highest BCUT2D eigenvalue weighted by Gasteiger charge is 2.54. The first-order chi connectivity index (χ1) is 11.7. The number of Topliss-reactive ketones (excluding diaryl/α,β-unsaturated/α-hetero) is 2. The van der Waals surface area contributed by atoms with Crippen molar-refractivity contribution >= 4 is 24.3 Å². The van der Waals surface area contributed by atoms with Crippen molar-refractivity contribution in [2.45, 2.75) is 51.7 Å². The van der Waals surface area contributed by atoms with Crippen molar-refractivity contribution in [2.24, 2.45) is 0 Å². The summed E-state index contributed by atoms with van der Waals surface area (Å²) in [5, 5.41) is 0. The maximum Gasteiger partial charge on any atom is 0.499 e. The van der Waals surface area contributed by atoms with Crippen molar-refractivity contribution in [3.8, 4) is 0 Å². The quantitative estimate of drug-likeness (QED) is 0.449. The maximum atomic E-state index is 12.7. The second-order valence-electron chi connectivity index (χ2n) is 7.90. The Balaban J connectivity index is 1.81. The van der Waals surface area contributed by atoms with Crippen molar-refractivity contribution in [2.75, 3.05) is 0 Å². The molecule has 2 aliphatic carbocycles. The number of rotatable bonds is 1. The van der Waals surface area contributed by atoms with Gasteiger partial charge in [-0.25, -0.2) is 0 Å². The van der Waals surface area contributed by atoms with E-state index in [1.54, 1.807) is 6.08 Å². The molecule has 3 aliphatic rings. The molecule has 1 aromatic carbocycles. The zero-order valence-electron chi connectivity index (χ0n) is 15.0. The van der Waals surface area contributed by atoms with E-state index in [0.29, 0.717) is 17.5 Å². The van der Waals surface area contributed by atoms with Gasteiger partial charge in [0.05, 0.1) is 11.2 Å². The fraction of sp³-hybridized carbons (Fsp3) is 0.400. The van der Waals surface area contributed by atoms with Crippen LogP contribution < -0.4 is 0 Å². The fourth-order valence-corrected chi connectivity index (χ4v) is 3.59. The van der Waals surface area contributed by atoms with Gasteiger partial charge in [-0.05, 0) is 57.2 Å². The minimum atomic E-state index is -0.815. The Bertz CT molecular complexity index is 844. The predicted octanol–water partition coefficient (Wildman–Crippen LogP) is 3.10. The van der Waals surface area contributed by atoms with Crippen molar-refractivity contribution in [3.63, 3.8) is 0 Å². The molecule has 0 spiro atoms. The Hall–Kier alpha value is -1.98. The van der Waals surface area contributed by atoms with Gasteiger partial charge in [-0.3, -0.25) is 9.59 Å². The number of hydrogen-bond acceptors (Lipinski definition) is 4. The van der Waals surface area contributed by atoms with Gasteiger partial charge >= 0.3 is 7.12 Å². The number of ketones is 2. The Morgan fingerprint density at radius 3 is 2.24 bits per heavy atom. The molecule has 0 unspecified atom stereocenters. The largest absolute Gasteiger partial charge is 0.499 e. The lowest BCUT2D eigenvalue weighted by Gasteiger charge is -2.32. The minimum Gasteiger partial charge on any atom is -0.399 e. The van der Waals surface area contributed by atoms with Crippen LogP contribution in [0.3, 0.4) is 0 Å². The topological polar surface area (TPSA) is 52.6 Å². The molecule has 1 aliphatic heterocycles. The normalized spacial score (nSPS) is 24.2. The third-order valence-corrected chi connectivity index (χ3v) is 5.83. The summed E-state index contributed by atoms with van der Waals surface area (Å²) in [4.78, 5) is 25.4. The molecule has 0 saturated carbocycles. The zero-order chi connectivity index (χ0) is 18.0. The van der Waals surface area contributed by atoms with E-state index in [1.165, 1.54) is 5.56 Å². The van der Waals surface area contributed by atoms with Crippen LogP contribution in [-0.4, -0.2) is 29.9 Å². The highest BCUT2D eigenvalue weighted by Crippen LogP contribution is 2.42. The molecule has 0 bridgehead atoms. The molecule has 1 fully saturated rings. The average Bonchev–Trinajstić information content (AvgIpc) is 2.78. The Morgan fingerprint density at radius 1 is 0.920 bits per heavy atom. The van der Waals surface area contributed by atoms with E-state index >= 15 is 0 Å². The molecular formula is C20H21BO4. The van der Waals surface area contributed by atoms with Gasteiger partial charge in [0, 0.05) is 11.0 Å². The van der Waals surface area contributed by atoms with Crippen LogP contribution in [0.5, 0.6) is 0 Å². The molecule has 0 radical (unpaired) electrons. The summed E-state index contributed by atoms with van der Waals surface area (Å²) in [5.41, 5.74) is 2.88. The lowest BCUT2D eigenvalue weighted by atomic mass is 9.67. The van der Waals surface area contributed by atoms with Crippen LogP contribution in [0.15, 0.2) is 41.4 Å². The smallest absolute Gasteiger partial charge is 0.399 e. The third kappa shape index (κ3) is 2.37. The van der Waals surface area contributed by atoms with E-state index in [9.17, 15) is 9.59 Å². The molecular weight excluding hydrogens is 315 g/mol. The highest BCUT2D eigenvalue weighted by atomic mass is 16.7. The average molecular weight is 336 g/mol. The maximum absolute atomic E-state index is 12.7. The van der Waals surface area contributed by atoms with Gasteiger partial charge < -0.3 is 9.31 Å². The van der Waals surface area contributed by atoms with Gasteiger partial charge in [-0.1, -0.05) is 30.3 Å². The van der Waals surface area contributed by atoms with Crippen molar-refractivity contribution < 1.29 is 18.9 Å². The van der Waals surface area contributed by atoms with Crippen LogP contribution in [0.1, 0.15) is 45.2 Å². The van der Waals surface area contributed by atoms with E-state index in [1.807, 2.05) is 45.9 Å². The van der Waals surface area contributed by atoms with Gasteiger partial charge in [0.25, 0.3) is 0 Å². The lowest BCUT2D eigenvalue weighted by Crippen LogP contribution is -2.41. The van der Waals surface area contributed by atoms with Gasteiger partial charge in [0.2, 0.25) is 11.6 Å². The molecule has 5 heteroatoms. The lowest BCUT2D eigenvalue weighted by molar-refractivity contribution is -0.132. The monoisotopic (exact) mass is 336 g/mol. The SMILES string of the molecule is CC1(C)OB(C2=CC3=C(CCc4ccccc43)C(=O)C2=O)OC1(C)C. The molecule has 25 heavy (non-hydrogen) atoms. The van der Waals surface area contributed by atoms with Crippen LogP contribution in [0.2, 0.25) is 0 Å². The molecule has 128 valence electrons. The highest BCUT2D eigenvalue weighted by molar-refractivity contribution is 6.72. The van der Waals surface area contributed by atoms with Crippen LogP contribution in [-0.2, 0) is 25.3 Å². The van der Waals surface area contributed by atoms with Crippen LogP contribution >= 0.6 is 0 Å². The van der Waals surface area contributed by atoms with Gasteiger partial charge in [-0.15, -0.1) is 0 Å². The molecule has 1 aromatic rings. The van der Waals surface area contributed by atoms with E-state index < -0.39 is 29.9 Å². The summed E-state index contributed by atoms with van der Waals surface area (Å²) in [7, 11) is -0.815. The number of aryl methyl sites for hydroxylation is 1. The zero-order valence-corrected chi connectivity index (χ0v) is 15.0. The summed E-state index contributed by atoms with van der Waals surface area (Å²) in [6.07, 6.45) is 3.19. The molecule has 0 N–H and O–H groups in total. The Labute approximate surface area is 148 Å². The van der Waals surface area contributed by atoms with E-state index in [2.05, 4.69) is 6.07 Å². The van der Waals surface area contributed by atoms with Crippen LogP contribution in [0, 0.1) is 0 Å². The molecule has 1 heterocycles. The number of benzene rings is 1. The summed E-state index contributed by atoms with van der Waals surface area (Å²) in [5.74, 6) is -0.923. The number of allylic oxidation sites excluding steroid dienone is 4. The summed E-state index contributed by atoms with van der Waals surface area (Å²) < 4.78 is 12.0. The van der Waals surface area contributed by atoms with Crippen LogP contribution in [0.4, 0.5) is 0 Å². The number of hydrogen-bond donors (Lipinski definition) is 0. The van der Waals surface area contributed by atoms with Gasteiger partial charge in [0.15, 0.2) is 0 Å². The Morgan fingerprint density at radius 2 is 1.56 bits per heavy atom. The number of fused-ring (bicyclic) bond motifs is 2. The fourth-order valence-electron chi connectivity index (χ4n) is 3.59. The molecule has 4 rings (SSSR count). The molecule has 1 saturated heterocycles. The van der Waals surface area contributed by atoms with E-state index in [4.69, 9.17) is 9.31 Å². The third-order valence-electron chi connectivity index (χ3n) is 5.83. The van der Waals surface area contributed by atoms with Crippen molar-refractivity contribution in [1.82, 2.24) is 0 Å². The van der Waals surface area contributed by atoms with Crippen LogP contribution in [0.25, 0.3) is 5.57 Å². The predicted molar refractivity (Wildman–Crippen MR) is 95.9 cm³/mol. The van der Waals surface area contributed by atoms with Crippen molar-refractivity contribution in [1.29, 1.82) is 0 Å². The summed E-state index contributed by atoms with van der Waals surface area (Å²) >= 11 is 0. The molecule has 0 aromatic heterocycles. The number of carbonyl (C=O) groups excluding carboxylic acids is 2. The number of carbonyl (C=O) groups is 2. The van der Waals surface area contributed by atoms with Gasteiger partial charge in [-0.2, -0.15) is 0 Å². The molecule has 4 nitrogen and oxygen atoms in total. The first-order valence-electron chi connectivity index (χ1n) is 8.69. The molecule has 0 atom stereocenters. The first-order valence-corrected chi connectivity index (χ1v) is 8.69. The van der Waals surface area contributed by atoms with E-state index in [-0.39, 0.29) is 0 Å². The summed E-state index contributed by atoms with van der Waals surface area (Å²) in [6.45, 7) is 7.74. The standard InChI is InChI=1S/C20H21BO4/c1-19(2)20(3,4)25-21(24-19)16-11-15-13-8-6-5-7-12(13)9-10-14(15)17(22)18(16)23/h5-8,11H,9-10H2,1-4H3. The van der Waals surface area contributed by atoms with E-state index in [0.717, 1.165) is 17.6 Å². The summed E-state index contributed by atoms with van der Waals surface area (Å²) in [6, 6.07) is 8.03. The molecule has 0 amide bonds. The minimum absolute atomic E-state index is 0.305. The van der Waals surface area contributed by atoms with Crippen molar-refractivity contribution in [3.05, 3.63) is 52.5 Å². The second-order valence-corrected chi connectivity index (χ2v) is 7.90. The first kappa shape index (κ1) is 16.5. The second kappa shape index (κ2) is 5.26.